The van der Waals surface area contributed by atoms with E-state index in [2.05, 4.69) is 18.2 Å². The second kappa shape index (κ2) is 3.08. The minimum atomic E-state index is 0. The first-order valence-electron chi connectivity index (χ1n) is 3.11. The van der Waals surface area contributed by atoms with Crippen molar-refractivity contribution in [1.29, 1.82) is 0 Å². The minimum absolute atomic E-state index is 0. The molecule has 0 aromatic heterocycles. The van der Waals surface area contributed by atoms with Crippen molar-refractivity contribution in [3.8, 4) is 0 Å². The van der Waals surface area contributed by atoms with Gasteiger partial charge in [-0.15, -0.1) is 0 Å². The molecule has 0 nitrogen and oxygen atoms in total. The molecule has 0 unspecified atom stereocenters. The van der Waals surface area contributed by atoms with E-state index in [4.69, 9.17) is 0 Å². The lowest BCUT2D eigenvalue weighted by atomic mass is 10.2. The third-order valence-electron chi connectivity index (χ3n) is 1.16. The van der Waals surface area contributed by atoms with Gasteiger partial charge >= 0.3 is 1.43 Å². The van der Waals surface area contributed by atoms with Gasteiger partial charge in [0.1, 0.15) is 0 Å². The molecule has 1 aromatic rings. The molecule has 0 aliphatic carbocycles. The van der Waals surface area contributed by atoms with Gasteiger partial charge in [0, 0.05) is 0 Å². The topological polar surface area (TPSA) is 0 Å². The van der Waals surface area contributed by atoms with Crippen molar-refractivity contribution >= 4 is 6.08 Å². The molecule has 0 saturated carbocycles. The van der Waals surface area contributed by atoms with E-state index in [9.17, 15) is 0 Å². The fourth-order valence-corrected chi connectivity index (χ4v) is 0.757. The van der Waals surface area contributed by atoms with Crippen LogP contribution in [0.2, 0.25) is 0 Å². The summed E-state index contributed by atoms with van der Waals surface area (Å²) in [5.41, 5.74) is 1.26. The van der Waals surface area contributed by atoms with Crippen molar-refractivity contribution in [3.63, 3.8) is 0 Å². The van der Waals surface area contributed by atoms with Crippen LogP contribution in [0.15, 0.2) is 36.4 Å². The molecule has 0 spiro atoms. The predicted octanol–water partition coefficient (Wildman–Crippen LogP) is 2.83. The second-order valence-corrected chi connectivity index (χ2v) is 1.91. The molecule has 0 fully saturated rings. The summed E-state index contributed by atoms with van der Waals surface area (Å²) in [6.07, 6.45) is 4.12. The van der Waals surface area contributed by atoms with E-state index < -0.39 is 0 Å². The van der Waals surface area contributed by atoms with Gasteiger partial charge in [0.15, 0.2) is 0 Å². The van der Waals surface area contributed by atoms with Crippen molar-refractivity contribution in [2.45, 2.75) is 6.92 Å². The Labute approximate surface area is 57.3 Å². The maximum Gasteiger partial charge on any atom is 1.00 e. The summed E-state index contributed by atoms with van der Waals surface area (Å²) in [5, 5.41) is 0. The standard InChI is InChI=1S/C9H10/c1-2-6-9-7-4-3-5-8-9/h2-8H,1H3/p+1/b6-2+. The average molecular weight is 119 g/mol. The lowest BCUT2D eigenvalue weighted by Crippen LogP contribution is -1.65. The fourth-order valence-electron chi connectivity index (χ4n) is 0.757. The van der Waals surface area contributed by atoms with Crippen LogP contribution in [-0.2, 0) is 0 Å². The zero-order valence-electron chi connectivity index (χ0n) is 6.54. The van der Waals surface area contributed by atoms with Crippen molar-refractivity contribution in [1.82, 2.24) is 0 Å². The normalized spacial score (nSPS) is 10.3. The Morgan fingerprint density at radius 1 is 1.22 bits per heavy atom. The molecular weight excluding hydrogens is 108 g/mol. The van der Waals surface area contributed by atoms with E-state index in [1.807, 2.05) is 31.2 Å². The lowest BCUT2D eigenvalue weighted by Gasteiger charge is -1.86. The van der Waals surface area contributed by atoms with Crippen molar-refractivity contribution in [2.24, 2.45) is 0 Å². The summed E-state index contributed by atoms with van der Waals surface area (Å²) in [5.74, 6) is 0. The first kappa shape index (κ1) is 6.09. The molecule has 0 heterocycles. The highest BCUT2D eigenvalue weighted by Gasteiger charge is 1.77. The molecule has 46 valence electrons. The molecule has 0 atom stereocenters. The molecule has 0 radical (unpaired) electrons. The molecule has 1 rings (SSSR count). The highest BCUT2D eigenvalue weighted by atomic mass is 13.8. The third kappa shape index (κ3) is 1.73. The molecule has 9 heavy (non-hydrogen) atoms. The molecule has 0 amide bonds. The average Bonchev–Trinajstić information content (AvgIpc) is 1.91. The lowest BCUT2D eigenvalue weighted by molar-refractivity contribution is 1.64. The van der Waals surface area contributed by atoms with E-state index in [1.54, 1.807) is 0 Å². The van der Waals surface area contributed by atoms with E-state index in [1.165, 1.54) is 5.56 Å². The Morgan fingerprint density at radius 3 is 2.44 bits per heavy atom. The van der Waals surface area contributed by atoms with E-state index in [0.717, 1.165) is 0 Å². The maximum atomic E-state index is 2.08. The SMILES string of the molecule is C/C=C/c1ccccc1.[H+]. The van der Waals surface area contributed by atoms with Crippen LogP contribution >= 0.6 is 0 Å². The van der Waals surface area contributed by atoms with Gasteiger partial charge in [0.05, 0.1) is 0 Å². The molecule has 0 N–H and O–H groups in total. The molecular formula is C9H11+. The molecule has 0 heteroatoms. The summed E-state index contributed by atoms with van der Waals surface area (Å²) in [7, 11) is 0. The van der Waals surface area contributed by atoms with Gasteiger partial charge in [-0.05, 0) is 12.5 Å². The molecule has 0 saturated heterocycles. The summed E-state index contributed by atoms with van der Waals surface area (Å²) >= 11 is 0. The Bertz CT molecular complexity index is 189. The van der Waals surface area contributed by atoms with Crippen molar-refractivity contribution in [2.75, 3.05) is 0 Å². The predicted molar refractivity (Wildman–Crippen MR) is 42.3 cm³/mol. The Balaban J connectivity index is 0.000000810. The summed E-state index contributed by atoms with van der Waals surface area (Å²) in [6, 6.07) is 10.3. The number of allylic oxidation sites excluding steroid dienone is 1. The van der Waals surface area contributed by atoms with Gasteiger partial charge in [-0.2, -0.15) is 0 Å². The number of hydrogen-bond donors (Lipinski definition) is 0. The second-order valence-electron chi connectivity index (χ2n) is 1.91. The van der Waals surface area contributed by atoms with Gasteiger partial charge in [-0.3, -0.25) is 0 Å². The smallest absolute Gasteiger partial charge is 0.0871 e. The summed E-state index contributed by atoms with van der Waals surface area (Å²) in [6.45, 7) is 2.02. The highest BCUT2D eigenvalue weighted by Crippen LogP contribution is 1.99. The van der Waals surface area contributed by atoms with Gasteiger partial charge in [-0.25, -0.2) is 0 Å². The van der Waals surface area contributed by atoms with Gasteiger partial charge in [0.25, 0.3) is 0 Å². The van der Waals surface area contributed by atoms with Crippen LogP contribution in [0.3, 0.4) is 0 Å². The van der Waals surface area contributed by atoms with Crippen LogP contribution in [0.4, 0.5) is 0 Å². The van der Waals surface area contributed by atoms with Crippen LogP contribution in [0.1, 0.15) is 13.9 Å². The monoisotopic (exact) mass is 119 g/mol. The molecule has 0 aliphatic rings. The van der Waals surface area contributed by atoms with Gasteiger partial charge < -0.3 is 0 Å². The van der Waals surface area contributed by atoms with Crippen molar-refractivity contribution < 1.29 is 1.43 Å². The fraction of sp³-hybridized carbons (Fsp3) is 0.111. The van der Waals surface area contributed by atoms with Crippen LogP contribution < -0.4 is 0 Å². The Hall–Kier alpha value is -1.04. The zero-order chi connectivity index (χ0) is 6.53. The van der Waals surface area contributed by atoms with Crippen LogP contribution in [-0.4, -0.2) is 0 Å². The van der Waals surface area contributed by atoms with Crippen molar-refractivity contribution in [3.05, 3.63) is 42.0 Å². The van der Waals surface area contributed by atoms with E-state index in [-0.39, 0.29) is 1.43 Å². The number of hydrogen-bond acceptors (Lipinski definition) is 0. The third-order valence-corrected chi connectivity index (χ3v) is 1.16. The largest absolute Gasteiger partial charge is 1.00 e. The Morgan fingerprint density at radius 2 is 1.89 bits per heavy atom. The Kier molecular flexibility index (Phi) is 2.08. The van der Waals surface area contributed by atoms with Gasteiger partial charge in [-0.1, -0.05) is 42.5 Å². The number of benzene rings is 1. The van der Waals surface area contributed by atoms with Crippen LogP contribution in [0.25, 0.3) is 6.08 Å². The van der Waals surface area contributed by atoms with Gasteiger partial charge in [0.2, 0.25) is 0 Å². The summed E-state index contributed by atoms with van der Waals surface area (Å²) in [4.78, 5) is 0. The number of rotatable bonds is 1. The molecule has 1 aromatic carbocycles. The van der Waals surface area contributed by atoms with E-state index >= 15 is 0 Å². The summed E-state index contributed by atoms with van der Waals surface area (Å²) < 4.78 is 0. The maximum absolute atomic E-state index is 2.08. The van der Waals surface area contributed by atoms with Crippen LogP contribution in [0, 0.1) is 0 Å². The molecule has 0 bridgehead atoms. The highest BCUT2D eigenvalue weighted by molar-refractivity contribution is 5.47. The zero-order valence-corrected chi connectivity index (χ0v) is 5.54. The minimum Gasteiger partial charge on any atom is -0.0871 e. The quantitative estimate of drug-likeness (QED) is 0.533. The van der Waals surface area contributed by atoms with Crippen LogP contribution in [0.5, 0.6) is 0 Å². The molecule has 0 aliphatic heterocycles. The first-order valence-corrected chi connectivity index (χ1v) is 3.11. The van der Waals surface area contributed by atoms with E-state index in [0.29, 0.717) is 0 Å². The first-order chi connectivity index (χ1) is 4.43.